The second-order valence-electron chi connectivity index (χ2n) is 7.47. The first kappa shape index (κ1) is 17.6. The van der Waals surface area contributed by atoms with Gasteiger partial charge in [0, 0.05) is 12.0 Å². The molecule has 0 bridgehead atoms. The number of carbonyl (C=O) groups excluding carboxylic acids is 1. The van der Waals surface area contributed by atoms with Gasteiger partial charge in [-0.2, -0.15) is 0 Å². The van der Waals surface area contributed by atoms with E-state index in [9.17, 15) is 9.90 Å². The number of rotatable bonds is 3. The van der Waals surface area contributed by atoms with Gasteiger partial charge in [-0.05, 0) is 60.3 Å². The number of ether oxygens (including phenoxy) is 1. The lowest BCUT2D eigenvalue weighted by Crippen LogP contribution is -2.49. The highest BCUT2D eigenvalue weighted by atomic mass is 32.2. The third-order valence-corrected chi connectivity index (χ3v) is 6.48. The fourth-order valence-corrected chi connectivity index (χ4v) is 4.67. The topological polar surface area (TPSA) is 59.7 Å². The minimum atomic E-state index is -0.627. The molecule has 1 aromatic rings. The molecule has 1 aromatic heterocycles. The van der Waals surface area contributed by atoms with E-state index < -0.39 is 6.10 Å². The maximum Gasteiger partial charge on any atom is 0.331 e. The zero-order valence-electron chi connectivity index (χ0n) is 14.7. The van der Waals surface area contributed by atoms with Crippen LogP contribution in [0.3, 0.4) is 0 Å². The van der Waals surface area contributed by atoms with Crippen LogP contribution in [0.2, 0.25) is 0 Å². The smallest absolute Gasteiger partial charge is 0.331 e. The lowest BCUT2D eigenvalue weighted by Gasteiger charge is -2.52. The zero-order chi connectivity index (χ0) is 17.5. The van der Waals surface area contributed by atoms with Crippen LogP contribution in [0, 0.1) is 24.2 Å². The standard InChI is InChI=1S/C19H26O4S/c1-11-10-22-18-14(11)9-19(3)12(2)7-13(8-15(19)17(18)21)23-16(20)5-6-24-4/h5-6,10,12-13,15,17,21H,7-9H2,1-4H3/b6-5+/t12-,13+,15+,17+,19+/m0/s1. The number of furan rings is 1. The molecule has 0 radical (unpaired) electrons. The molecule has 2 aliphatic carbocycles. The van der Waals surface area contributed by atoms with Crippen LogP contribution in [-0.2, 0) is 16.0 Å². The molecule has 5 heteroatoms. The van der Waals surface area contributed by atoms with Crippen molar-refractivity contribution >= 4 is 17.7 Å². The summed E-state index contributed by atoms with van der Waals surface area (Å²) >= 11 is 1.47. The van der Waals surface area contributed by atoms with Crippen LogP contribution in [0.25, 0.3) is 0 Å². The fourth-order valence-electron chi connectivity index (χ4n) is 4.42. The Bertz CT molecular complexity index is 650. The van der Waals surface area contributed by atoms with Gasteiger partial charge in [0.25, 0.3) is 0 Å². The van der Waals surface area contributed by atoms with Crippen LogP contribution < -0.4 is 0 Å². The lowest BCUT2D eigenvalue weighted by molar-refractivity contribution is -0.155. The quantitative estimate of drug-likeness (QED) is 0.659. The maximum atomic E-state index is 11.9. The monoisotopic (exact) mass is 350 g/mol. The van der Waals surface area contributed by atoms with Crippen molar-refractivity contribution in [3.63, 3.8) is 0 Å². The minimum Gasteiger partial charge on any atom is -0.466 e. The first-order valence-electron chi connectivity index (χ1n) is 8.51. The molecule has 2 aliphatic rings. The summed E-state index contributed by atoms with van der Waals surface area (Å²) in [6.45, 7) is 6.50. The van der Waals surface area contributed by atoms with Gasteiger partial charge < -0.3 is 14.3 Å². The molecule has 1 N–H and O–H groups in total. The van der Waals surface area contributed by atoms with E-state index in [2.05, 4.69) is 13.8 Å². The normalized spacial score (nSPS) is 35.5. The average Bonchev–Trinajstić information content (AvgIpc) is 2.89. The molecule has 132 valence electrons. The number of aliphatic hydroxyl groups is 1. The molecule has 0 saturated heterocycles. The first-order chi connectivity index (χ1) is 11.4. The molecule has 24 heavy (non-hydrogen) atoms. The van der Waals surface area contributed by atoms with Crippen molar-refractivity contribution in [3.05, 3.63) is 34.6 Å². The Morgan fingerprint density at radius 2 is 2.25 bits per heavy atom. The summed E-state index contributed by atoms with van der Waals surface area (Å²) in [4.78, 5) is 11.9. The van der Waals surface area contributed by atoms with Crippen LogP contribution in [0.5, 0.6) is 0 Å². The maximum absolute atomic E-state index is 11.9. The van der Waals surface area contributed by atoms with Crippen molar-refractivity contribution in [1.29, 1.82) is 0 Å². The second-order valence-corrected chi connectivity index (χ2v) is 8.21. The van der Waals surface area contributed by atoms with Crippen molar-refractivity contribution in [2.45, 2.75) is 52.2 Å². The molecule has 5 atom stereocenters. The van der Waals surface area contributed by atoms with Crippen molar-refractivity contribution in [2.24, 2.45) is 17.3 Å². The molecule has 3 rings (SSSR count). The highest BCUT2D eigenvalue weighted by Gasteiger charge is 2.53. The largest absolute Gasteiger partial charge is 0.466 e. The molecule has 0 amide bonds. The molecule has 1 saturated carbocycles. The van der Waals surface area contributed by atoms with Crippen molar-refractivity contribution in [1.82, 2.24) is 0 Å². The van der Waals surface area contributed by atoms with Gasteiger partial charge in [0.2, 0.25) is 0 Å². The van der Waals surface area contributed by atoms with Crippen LogP contribution in [-0.4, -0.2) is 23.4 Å². The summed E-state index contributed by atoms with van der Waals surface area (Å²) in [5.74, 6) is 0.804. The third-order valence-electron chi connectivity index (χ3n) is 6.07. The van der Waals surface area contributed by atoms with Gasteiger partial charge in [0.1, 0.15) is 18.0 Å². The summed E-state index contributed by atoms with van der Waals surface area (Å²) in [6, 6.07) is 0. The van der Waals surface area contributed by atoms with E-state index >= 15 is 0 Å². The number of esters is 1. The first-order valence-corrected chi connectivity index (χ1v) is 9.80. The summed E-state index contributed by atoms with van der Waals surface area (Å²) in [5.41, 5.74) is 2.28. The van der Waals surface area contributed by atoms with E-state index in [1.54, 1.807) is 11.7 Å². The van der Waals surface area contributed by atoms with Crippen LogP contribution >= 0.6 is 11.8 Å². The molecule has 1 heterocycles. The predicted molar refractivity (Wildman–Crippen MR) is 94.6 cm³/mol. The highest BCUT2D eigenvalue weighted by molar-refractivity contribution is 8.01. The van der Waals surface area contributed by atoms with Gasteiger partial charge >= 0.3 is 5.97 Å². The molecule has 0 aromatic carbocycles. The number of hydrogen-bond acceptors (Lipinski definition) is 5. The lowest BCUT2D eigenvalue weighted by atomic mass is 9.54. The number of hydrogen-bond donors (Lipinski definition) is 1. The molecular weight excluding hydrogens is 324 g/mol. The number of thioether (sulfide) groups is 1. The zero-order valence-corrected chi connectivity index (χ0v) is 15.6. The number of fused-ring (bicyclic) bond motifs is 2. The summed E-state index contributed by atoms with van der Waals surface area (Å²) < 4.78 is 11.2. The fraction of sp³-hybridized carbons (Fsp3) is 0.632. The molecule has 4 nitrogen and oxygen atoms in total. The highest BCUT2D eigenvalue weighted by Crippen LogP contribution is 2.56. The number of carbonyl (C=O) groups is 1. The van der Waals surface area contributed by atoms with E-state index in [-0.39, 0.29) is 23.4 Å². The van der Waals surface area contributed by atoms with Crippen LogP contribution in [0.4, 0.5) is 0 Å². The SMILES string of the molecule is CS/C=C/C(=O)O[C@H]1C[C@@H]2[C@@H](O)c3occ(C)c3C[C@]2(C)[C@@H](C)C1. The van der Waals surface area contributed by atoms with E-state index in [0.29, 0.717) is 18.1 Å². The molecule has 1 fully saturated rings. The third kappa shape index (κ3) is 2.93. The van der Waals surface area contributed by atoms with Crippen molar-refractivity contribution in [2.75, 3.05) is 6.26 Å². The van der Waals surface area contributed by atoms with Gasteiger partial charge in [0.05, 0.1) is 6.26 Å². The Balaban J connectivity index is 1.82. The molecule has 0 spiro atoms. The van der Waals surface area contributed by atoms with E-state index in [1.165, 1.54) is 17.8 Å². The summed E-state index contributed by atoms with van der Waals surface area (Å²) in [5, 5.41) is 12.6. The molecule has 0 aliphatic heterocycles. The Kier molecular flexibility index (Phi) is 4.85. The second kappa shape index (κ2) is 6.60. The number of aliphatic hydroxyl groups excluding tert-OH is 1. The van der Waals surface area contributed by atoms with E-state index in [1.807, 2.05) is 13.2 Å². The van der Waals surface area contributed by atoms with Gasteiger partial charge in [-0.3, -0.25) is 0 Å². The predicted octanol–water partition coefficient (Wildman–Crippen LogP) is 4.02. The van der Waals surface area contributed by atoms with Gasteiger partial charge in [-0.1, -0.05) is 13.8 Å². The van der Waals surface area contributed by atoms with Gasteiger partial charge in [-0.15, -0.1) is 11.8 Å². The van der Waals surface area contributed by atoms with E-state index in [0.717, 1.165) is 24.0 Å². The van der Waals surface area contributed by atoms with E-state index in [4.69, 9.17) is 9.15 Å². The molecule has 0 unspecified atom stereocenters. The Morgan fingerprint density at radius 3 is 2.96 bits per heavy atom. The number of aryl methyl sites for hydroxylation is 1. The van der Waals surface area contributed by atoms with Crippen molar-refractivity contribution < 1.29 is 19.1 Å². The Labute approximate surface area is 147 Å². The Hall–Kier alpha value is -1.20. The van der Waals surface area contributed by atoms with Crippen LogP contribution in [0.15, 0.2) is 22.2 Å². The van der Waals surface area contributed by atoms with Crippen LogP contribution in [0.1, 0.15) is 49.7 Å². The van der Waals surface area contributed by atoms with Gasteiger partial charge in [-0.25, -0.2) is 4.79 Å². The summed E-state index contributed by atoms with van der Waals surface area (Å²) in [7, 11) is 0. The molecular formula is C19H26O4S. The summed E-state index contributed by atoms with van der Waals surface area (Å²) in [6.07, 6.45) is 6.77. The Morgan fingerprint density at radius 1 is 1.50 bits per heavy atom. The minimum absolute atomic E-state index is 0.000925. The van der Waals surface area contributed by atoms with Crippen molar-refractivity contribution in [3.8, 4) is 0 Å². The average molecular weight is 350 g/mol. The van der Waals surface area contributed by atoms with Gasteiger partial charge in [0.15, 0.2) is 0 Å².